The van der Waals surface area contributed by atoms with Crippen molar-refractivity contribution in [1.29, 1.82) is 0 Å². The second-order valence-electron chi connectivity index (χ2n) is 9.79. The quantitative estimate of drug-likeness (QED) is 0.880. The largest absolute Gasteiger partial charge is 0.347 e. The number of hydrogen-bond acceptors (Lipinski definition) is 3. The van der Waals surface area contributed by atoms with Gasteiger partial charge in [0, 0.05) is 17.3 Å². The monoisotopic (exact) mass is 366 g/mol. The van der Waals surface area contributed by atoms with Crippen molar-refractivity contribution in [2.75, 3.05) is 0 Å². The number of hydrogen-bond donors (Lipinski definition) is 1. The standard InChI is InChI=1S/C22H30N4O/c1-12(2)26-20-19(14(4)25-26)18(5-13(3)23-20)21(27)24-22-9-15-6-16(10-22)8-17(7-15)11-22/h5,12,15-17H,6-11H2,1-4H3,(H,24,27). The maximum atomic E-state index is 13.5. The fraction of sp³-hybridized carbons (Fsp3) is 0.682. The lowest BCUT2D eigenvalue weighted by Gasteiger charge is -2.56. The van der Waals surface area contributed by atoms with Crippen LogP contribution in [0.4, 0.5) is 0 Å². The van der Waals surface area contributed by atoms with Crippen molar-refractivity contribution < 1.29 is 4.79 Å². The maximum Gasteiger partial charge on any atom is 0.252 e. The summed E-state index contributed by atoms with van der Waals surface area (Å²) in [5.74, 6) is 2.53. The minimum absolute atomic E-state index is 0.0251. The Morgan fingerprint density at radius 2 is 1.74 bits per heavy atom. The molecular formula is C22H30N4O. The molecule has 0 atom stereocenters. The van der Waals surface area contributed by atoms with E-state index in [9.17, 15) is 4.79 Å². The molecule has 4 bridgehead atoms. The van der Waals surface area contributed by atoms with Crippen molar-refractivity contribution in [3.05, 3.63) is 23.0 Å². The average molecular weight is 367 g/mol. The number of carbonyl (C=O) groups is 1. The van der Waals surface area contributed by atoms with E-state index in [2.05, 4.69) is 24.3 Å². The first-order chi connectivity index (χ1) is 12.8. The highest BCUT2D eigenvalue weighted by Gasteiger charge is 2.51. The van der Waals surface area contributed by atoms with Crippen LogP contribution in [0.25, 0.3) is 11.0 Å². The molecule has 0 saturated heterocycles. The van der Waals surface area contributed by atoms with Crippen molar-refractivity contribution in [3.8, 4) is 0 Å². The summed E-state index contributed by atoms with van der Waals surface area (Å²) in [5.41, 5.74) is 3.37. The Hall–Kier alpha value is -1.91. The Bertz CT molecular complexity index is 891. The van der Waals surface area contributed by atoms with Crippen molar-refractivity contribution in [3.63, 3.8) is 0 Å². The summed E-state index contributed by atoms with van der Waals surface area (Å²) in [6.45, 7) is 8.16. The van der Waals surface area contributed by atoms with Gasteiger partial charge >= 0.3 is 0 Å². The topological polar surface area (TPSA) is 59.8 Å². The zero-order chi connectivity index (χ0) is 18.9. The molecule has 0 spiro atoms. The van der Waals surface area contributed by atoms with Gasteiger partial charge in [0.2, 0.25) is 0 Å². The van der Waals surface area contributed by atoms with E-state index in [1.807, 2.05) is 24.6 Å². The van der Waals surface area contributed by atoms with E-state index in [0.717, 1.165) is 45.7 Å². The van der Waals surface area contributed by atoms with Crippen LogP contribution in [-0.4, -0.2) is 26.2 Å². The molecule has 144 valence electrons. The van der Waals surface area contributed by atoms with Crippen LogP contribution < -0.4 is 5.32 Å². The zero-order valence-electron chi connectivity index (χ0n) is 16.9. The summed E-state index contributed by atoms with van der Waals surface area (Å²) in [5, 5.41) is 9.11. The predicted molar refractivity (Wildman–Crippen MR) is 106 cm³/mol. The van der Waals surface area contributed by atoms with E-state index < -0.39 is 0 Å². The first kappa shape index (κ1) is 17.2. The second-order valence-corrected chi connectivity index (χ2v) is 9.79. The molecule has 0 aliphatic heterocycles. The summed E-state index contributed by atoms with van der Waals surface area (Å²) in [7, 11) is 0. The van der Waals surface area contributed by atoms with E-state index in [1.54, 1.807) is 0 Å². The number of aromatic nitrogens is 3. The molecule has 0 unspecified atom stereocenters. The Labute approximate surface area is 160 Å². The molecule has 5 heteroatoms. The number of aryl methyl sites for hydroxylation is 2. The highest BCUT2D eigenvalue weighted by atomic mass is 16.1. The third kappa shape index (κ3) is 2.69. The fourth-order valence-electron chi connectivity index (χ4n) is 6.55. The number of pyridine rings is 1. The van der Waals surface area contributed by atoms with Gasteiger partial charge in [0.15, 0.2) is 5.65 Å². The van der Waals surface area contributed by atoms with Crippen LogP contribution in [0.3, 0.4) is 0 Å². The van der Waals surface area contributed by atoms with Gasteiger partial charge in [0.05, 0.1) is 16.6 Å². The van der Waals surface area contributed by atoms with E-state index >= 15 is 0 Å². The molecule has 1 amide bonds. The summed E-state index contributed by atoms with van der Waals surface area (Å²) in [4.78, 5) is 18.2. The van der Waals surface area contributed by atoms with Crippen LogP contribution >= 0.6 is 0 Å². The second kappa shape index (κ2) is 5.79. The summed E-state index contributed by atoms with van der Waals surface area (Å²) in [6.07, 6.45) is 7.66. The number of carbonyl (C=O) groups excluding carboxylic acids is 1. The van der Waals surface area contributed by atoms with Crippen LogP contribution in [0.5, 0.6) is 0 Å². The molecule has 4 fully saturated rings. The van der Waals surface area contributed by atoms with Crippen LogP contribution in [0.15, 0.2) is 6.07 Å². The van der Waals surface area contributed by atoms with Gasteiger partial charge in [0.25, 0.3) is 5.91 Å². The molecule has 4 aliphatic carbocycles. The minimum Gasteiger partial charge on any atom is -0.347 e. The highest BCUT2D eigenvalue weighted by molar-refractivity contribution is 6.06. The molecule has 4 aliphatic rings. The third-order valence-electron chi connectivity index (χ3n) is 7.12. The van der Waals surface area contributed by atoms with E-state index in [1.165, 1.54) is 38.5 Å². The molecule has 2 aromatic rings. The van der Waals surface area contributed by atoms with Crippen LogP contribution in [-0.2, 0) is 0 Å². The van der Waals surface area contributed by atoms with Gasteiger partial charge in [-0.15, -0.1) is 0 Å². The lowest BCUT2D eigenvalue weighted by Crippen LogP contribution is -2.59. The van der Waals surface area contributed by atoms with E-state index in [-0.39, 0.29) is 17.5 Å². The summed E-state index contributed by atoms with van der Waals surface area (Å²) >= 11 is 0. The van der Waals surface area contributed by atoms with Crippen molar-refractivity contribution >= 4 is 16.9 Å². The minimum atomic E-state index is 0.0251. The number of rotatable bonds is 3. The summed E-state index contributed by atoms with van der Waals surface area (Å²) in [6, 6.07) is 2.16. The Balaban J connectivity index is 1.53. The number of nitrogens with zero attached hydrogens (tertiary/aromatic N) is 3. The lowest BCUT2D eigenvalue weighted by molar-refractivity contribution is -0.0166. The molecule has 2 heterocycles. The Morgan fingerprint density at radius 1 is 1.15 bits per heavy atom. The first-order valence-electron chi connectivity index (χ1n) is 10.5. The van der Waals surface area contributed by atoms with Crippen molar-refractivity contribution in [2.24, 2.45) is 17.8 Å². The fourth-order valence-corrected chi connectivity index (χ4v) is 6.55. The molecule has 0 radical (unpaired) electrons. The molecule has 5 nitrogen and oxygen atoms in total. The lowest BCUT2D eigenvalue weighted by atomic mass is 9.53. The smallest absolute Gasteiger partial charge is 0.252 e. The predicted octanol–water partition coefficient (Wildman–Crippen LogP) is 4.33. The molecule has 1 N–H and O–H groups in total. The van der Waals surface area contributed by atoms with E-state index in [0.29, 0.717) is 0 Å². The maximum absolute atomic E-state index is 13.5. The number of fused-ring (bicyclic) bond motifs is 1. The molecular weight excluding hydrogens is 336 g/mol. The first-order valence-corrected chi connectivity index (χ1v) is 10.5. The van der Waals surface area contributed by atoms with Crippen LogP contribution in [0.2, 0.25) is 0 Å². The number of nitrogens with one attached hydrogen (secondary N) is 1. The molecule has 6 rings (SSSR count). The van der Waals surface area contributed by atoms with Gasteiger partial charge in [-0.05, 0) is 90.0 Å². The van der Waals surface area contributed by atoms with Crippen molar-refractivity contribution in [2.45, 2.75) is 77.8 Å². The van der Waals surface area contributed by atoms with Crippen LogP contribution in [0.1, 0.15) is 80.2 Å². The van der Waals surface area contributed by atoms with Gasteiger partial charge in [-0.2, -0.15) is 5.10 Å². The van der Waals surface area contributed by atoms with Gasteiger partial charge in [-0.3, -0.25) is 4.79 Å². The average Bonchev–Trinajstić information content (AvgIpc) is 2.89. The SMILES string of the molecule is Cc1cc(C(=O)NC23CC4CC(CC(C4)C2)C3)c2c(C)nn(C(C)C)c2n1. The van der Waals surface area contributed by atoms with Gasteiger partial charge in [0.1, 0.15) is 0 Å². The molecule has 0 aromatic carbocycles. The van der Waals surface area contributed by atoms with Gasteiger partial charge in [-0.1, -0.05) is 0 Å². The normalized spacial score (nSPS) is 31.8. The van der Waals surface area contributed by atoms with Gasteiger partial charge in [-0.25, -0.2) is 9.67 Å². The summed E-state index contributed by atoms with van der Waals surface area (Å²) < 4.78 is 1.94. The number of amides is 1. The molecule has 27 heavy (non-hydrogen) atoms. The van der Waals surface area contributed by atoms with Crippen LogP contribution in [0, 0.1) is 31.6 Å². The van der Waals surface area contributed by atoms with E-state index in [4.69, 9.17) is 4.98 Å². The highest BCUT2D eigenvalue weighted by Crippen LogP contribution is 2.55. The Morgan fingerprint density at radius 3 is 2.30 bits per heavy atom. The van der Waals surface area contributed by atoms with Crippen molar-refractivity contribution in [1.82, 2.24) is 20.1 Å². The molecule has 4 saturated carbocycles. The van der Waals surface area contributed by atoms with Gasteiger partial charge < -0.3 is 5.32 Å². The molecule has 2 aromatic heterocycles. The third-order valence-corrected chi connectivity index (χ3v) is 7.12. The Kier molecular flexibility index (Phi) is 3.69. The zero-order valence-corrected chi connectivity index (χ0v) is 16.9.